The molecule has 0 aliphatic carbocycles. The lowest BCUT2D eigenvalue weighted by molar-refractivity contribution is -0.141. The average molecular weight is 538 g/mol. The summed E-state index contributed by atoms with van der Waals surface area (Å²) >= 11 is 1.31. The van der Waals surface area contributed by atoms with E-state index in [1.807, 2.05) is 24.3 Å². The second-order valence-corrected chi connectivity index (χ2v) is 11.7. The second-order valence-electron chi connectivity index (χ2n) is 8.68. The number of carbonyl (C=O) groups is 2. The lowest BCUT2D eigenvalue weighted by Crippen LogP contribution is -2.26. The van der Waals surface area contributed by atoms with Crippen molar-refractivity contribution in [3.05, 3.63) is 88.7 Å². The number of hydrogen-bond donors (Lipinski definition) is 0. The van der Waals surface area contributed by atoms with Gasteiger partial charge in [-0.2, -0.15) is 4.99 Å². The van der Waals surface area contributed by atoms with Gasteiger partial charge in [0.05, 0.1) is 27.9 Å². The molecule has 3 aromatic carbocycles. The quantitative estimate of drug-likeness (QED) is 0.322. The lowest BCUT2D eigenvalue weighted by atomic mass is 10.0. The SMILES string of the molecule is COC(=O)Cn1c(=NC(=O)c2ccc(S(=O)(=O)N(C)c3ccccc3)cc2)sc2cc(C(C)C)ccc21. The number of methoxy groups -OCH3 is 1. The highest BCUT2D eigenvalue weighted by atomic mass is 32.2. The van der Waals surface area contributed by atoms with E-state index in [2.05, 4.69) is 18.8 Å². The van der Waals surface area contributed by atoms with Crippen LogP contribution in [0.25, 0.3) is 10.2 Å². The molecular weight excluding hydrogens is 510 g/mol. The largest absolute Gasteiger partial charge is 0.468 e. The van der Waals surface area contributed by atoms with Gasteiger partial charge in [-0.3, -0.25) is 13.9 Å². The first-order valence-electron chi connectivity index (χ1n) is 11.5. The number of fused-ring (bicyclic) bond motifs is 1. The van der Waals surface area contributed by atoms with Crippen LogP contribution in [0, 0.1) is 0 Å². The molecule has 10 heteroatoms. The van der Waals surface area contributed by atoms with Gasteiger partial charge in [-0.25, -0.2) is 8.42 Å². The number of ether oxygens (including phenoxy) is 1. The van der Waals surface area contributed by atoms with Crippen molar-refractivity contribution in [1.82, 2.24) is 4.57 Å². The molecule has 4 aromatic rings. The maximum Gasteiger partial charge on any atom is 0.325 e. The summed E-state index contributed by atoms with van der Waals surface area (Å²) in [7, 11) is -1.02. The van der Waals surface area contributed by atoms with Gasteiger partial charge in [-0.15, -0.1) is 0 Å². The van der Waals surface area contributed by atoms with E-state index in [1.54, 1.807) is 28.8 Å². The fourth-order valence-corrected chi connectivity index (χ4v) is 6.01. The number of esters is 1. The van der Waals surface area contributed by atoms with E-state index in [0.29, 0.717) is 16.4 Å². The minimum absolute atomic E-state index is 0.0548. The molecule has 0 saturated heterocycles. The van der Waals surface area contributed by atoms with Crippen LogP contribution in [0.1, 0.15) is 35.7 Å². The molecule has 0 saturated carbocycles. The third-order valence-electron chi connectivity index (χ3n) is 5.97. The van der Waals surface area contributed by atoms with Crippen molar-refractivity contribution in [2.24, 2.45) is 4.99 Å². The zero-order valence-electron chi connectivity index (χ0n) is 20.9. The summed E-state index contributed by atoms with van der Waals surface area (Å²) in [4.78, 5) is 29.8. The summed E-state index contributed by atoms with van der Waals surface area (Å²) in [6.45, 7) is 4.09. The number of benzene rings is 3. The molecule has 0 N–H and O–H groups in total. The molecular formula is C27H27N3O5S2. The Morgan fingerprint density at radius 3 is 2.32 bits per heavy atom. The van der Waals surface area contributed by atoms with Crippen molar-refractivity contribution in [3.63, 3.8) is 0 Å². The van der Waals surface area contributed by atoms with Gasteiger partial charge in [0, 0.05) is 12.6 Å². The van der Waals surface area contributed by atoms with Gasteiger partial charge in [0.25, 0.3) is 15.9 Å². The summed E-state index contributed by atoms with van der Waals surface area (Å²) in [6, 6.07) is 20.3. The van der Waals surface area contributed by atoms with Gasteiger partial charge < -0.3 is 9.30 Å². The number of amides is 1. The predicted octanol–water partition coefficient (Wildman–Crippen LogP) is 4.57. The number of hydrogen-bond acceptors (Lipinski definition) is 6. The Kier molecular flexibility index (Phi) is 7.60. The number of para-hydroxylation sites is 1. The molecule has 0 aliphatic heterocycles. The van der Waals surface area contributed by atoms with Gasteiger partial charge in [-0.05, 0) is 60.0 Å². The summed E-state index contributed by atoms with van der Waals surface area (Å²) in [5.74, 6) is -0.688. The van der Waals surface area contributed by atoms with Crippen molar-refractivity contribution in [2.45, 2.75) is 31.2 Å². The van der Waals surface area contributed by atoms with Gasteiger partial charge >= 0.3 is 5.97 Å². The molecule has 192 valence electrons. The van der Waals surface area contributed by atoms with Gasteiger partial charge in [-0.1, -0.05) is 49.4 Å². The van der Waals surface area contributed by atoms with E-state index < -0.39 is 21.9 Å². The molecule has 0 unspecified atom stereocenters. The van der Waals surface area contributed by atoms with Gasteiger partial charge in [0.1, 0.15) is 6.54 Å². The molecule has 0 aliphatic rings. The van der Waals surface area contributed by atoms with Crippen molar-refractivity contribution in [1.29, 1.82) is 0 Å². The minimum atomic E-state index is -3.81. The number of carbonyl (C=O) groups excluding carboxylic acids is 2. The summed E-state index contributed by atoms with van der Waals surface area (Å²) in [5.41, 5.74) is 2.66. The third kappa shape index (κ3) is 5.50. The summed E-state index contributed by atoms with van der Waals surface area (Å²) in [5, 5.41) is 0. The smallest absolute Gasteiger partial charge is 0.325 e. The highest BCUT2D eigenvalue weighted by molar-refractivity contribution is 7.92. The normalized spacial score (nSPS) is 12.2. The standard InChI is InChI=1S/C27H27N3O5S2/c1-18(2)20-12-15-23-24(16-20)36-27(30(23)17-25(31)35-4)28-26(32)19-10-13-22(14-11-19)37(33,34)29(3)21-8-6-5-7-9-21/h5-16,18H,17H2,1-4H3. The van der Waals surface area contributed by atoms with Crippen molar-refractivity contribution >= 4 is 49.1 Å². The van der Waals surface area contributed by atoms with E-state index in [-0.39, 0.29) is 17.0 Å². The molecule has 4 rings (SSSR count). The Bertz CT molecular complexity index is 1620. The Labute approximate surface area is 219 Å². The van der Waals surface area contributed by atoms with Crippen molar-refractivity contribution in [2.75, 3.05) is 18.5 Å². The first kappa shape index (κ1) is 26.3. The highest BCUT2D eigenvalue weighted by Gasteiger charge is 2.21. The Balaban J connectivity index is 1.69. The van der Waals surface area contributed by atoms with Crippen molar-refractivity contribution in [3.8, 4) is 0 Å². The zero-order chi connectivity index (χ0) is 26.7. The lowest BCUT2D eigenvalue weighted by Gasteiger charge is -2.19. The van der Waals surface area contributed by atoms with Gasteiger partial charge in [0.15, 0.2) is 4.80 Å². The Morgan fingerprint density at radius 2 is 1.70 bits per heavy atom. The molecule has 8 nitrogen and oxygen atoms in total. The number of thiazole rings is 1. The molecule has 37 heavy (non-hydrogen) atoms. The van der Waals surface area contributed by atoms with E-state index >= 15 is 0 Å². The molecule has 0 radical (unpaired) electrons. The number of aromatic nitrogens is 1. The number of sulfonamides is 1. The van der Waals surface area contributed by atoms with Crippen molar-refractivity contribution < 1.29 is 22.7 Å². The van der Waals surface area contributed by atoms with Crippen LogP contribution in [0.2, 0.25) is 0 Å². The monoisotopic (exact) mass is 537 g/mol. The van der Waals surface area contributed by atoms with E-state index in [9.17, 15) is 18.0 Å². The van der Waals surface area contributed by atoms with Crippen LogP contribution in [0.3, 0.4) is 0 Å². The minimum Gasteiger partial charge on any atom is -0.468 e. The fourth-order valence-electron chi connectivity index (χ4n) is 3.74. The van der Waals surface area contributed by atoms with Crippen LogP contribution in [0.15, 0.2) is 82.7 Å². The molecule has 0 atom stereocenters. The fraction of sp³-hybridized carbons (Fsp3) is 0.222. The van der Waals surface area contributed by atoms with Crippen LogP contribution >= 0.6 is 11.3 Å². The number of rotatable bonds is 7. The third-order valence-corrected chi connectivity index (χ3v) is 8.81. The van der Waals surface area contributed by atoms with E-state index in [4.69, 9.17) is 4.74 Å². The predicted molar refractivity (Wildman–Crippen MR) is 144 cm³/mol. The number of anilines is 1. The molecule has 1 heterocycles. The average Bonchev–Trinajstić information content (AvgIpc) is 3.24. The first-order chi connectivity index (χ1) is 17.6. The van der Waals surface area contributed by atoms with Crippen LogP contribution in [-0.2, 0) is 26.1 Å². The van der Waals surface area contributed by atoms with Crippen LogP contribution in [-0.4, -0.2) is 39.0 Å². The maximum absolute atomic E-state index is 13.0. The first-order valence-corrected chi connectivity index (χ1v) is 13.8. The van der Waals surface area contributed by atoms with E-state index in [1.165, 1.54) is 54.1 Å². The Hall–Kier alpha value is -3.76. The molecule has 1 aromatic heterocycles. The Morgan fingerprint density at radius 1 is 1.03 bits per heavy atom. The van der Waals surface area contributed by atoms with Crippen LogP contribution in [0.4, 0.5) is 5.69 Å². The van der Waals surface area contributed by atoms with Crippen LogP contribution in [0.5, 0.6) is 0 Å². The highest BCUT2D eigenvalue weighted by Crippen LogP contribution is 2.24. The molecule has 1 amide bonds. The summed E-state index contributed by atoms with van der Waals surface area (Å²) in [6.07, 6.45) is 0. The maximum atomic E-state index is 13.0. The summed E-state index contributed by atoms with van der Waals surface area (Å²) < 4.78 is 34.6. The van der Waals surface area contributed by atoms with Crippen LogP contribution < -0.4 is 9.11 Å². The van der Waals surface area contributed by atoms with E-state index in [0.717, 1.165) is 15.8 Å². The topological polar surface area (TPSA) is 98.0 Å². The molecule has 0 spiro atoms. The zero-order valence-corrected chi connectivity index (χ0v) is 22.5. The molecule has 0 bridgehead atoms. The van der Waals surface area contributed by atoms with Gasteiger partial charge in [0.2, 0.25) is 0 Å². The second kappa shape index (κ2) is 10.7. The number of nitrogens with zero attached hydrogens (tertiary/aromatic N) is 3. The molecule has 0 fully saturated rings.